The lowest BCUT2D eigenvalue weighted by atomic mass is 9.99. The van der Waals surface area contributed by atoms with Gasteiger partial charge >= 0.3 is 5.97 Å². The van der Waals surface area contributed by atoms with Gasteiger partial charge in [0.25, 0.3) is 11.5 Å². The Labute approximate surface area is 228 Å². The SMILES string of the molecule is CCC(OC(=O)c1cccc2cccc(-c3nc4ccccc4o3)c12)C(=O)Nc1cc(=O)n(-c2ccccc2)[nH]1. The van der Waals surface area contributed by atoms with Gasteiger partial charge in [-0.15, -0.1) is 0 Å². The summed E-state index contributed by atoms with van der Waals surface area (Å²) in [6.45, 7) is 1.74. The van der Waals surface area contributed by atoms with E-state index in [0.29, 0.717) is 33.6 Å². The molecule has 0 aliphatic heterocycles. The van der Waals surface area contributed by atoms with E-state index in [0.717, 1.165) is 5.39 Å². The molecular weight excluding hydrogens is 508 g/mol. The Bertz CT molecular complexity index is 1880. The predicted molar refractivity (Wildman–Crippen MR) is 151 cm³/mol. The predicted octanol–water partition coefficient (Wildman–Crippen LogP) is 5.70. The molecule has 2 aromatic heterocycles. The van der Waals surface area contributed by atoms with E-state index in [2.05, 4.69) is 15.4 Å². The van der Waals surface area contributed by atoms with Crippen LogP contribution in [0.5, 0.6) is 0 Å². The highest BCUT2D eigenvalue weighted by atomic mass is 16.5. The van der Waals surface area contributed by atoms with Crippen molar-refractivity contribution in [2.45, 2.75) is 19.4 Å². The van der Waals surface area contributed by atoms with E-state index in [1.165, 1.54) is 10.7 Å². The van der Waals surface area contributed by atoms with Crippen molar-refractivity contribution in [3.05, 3.63) is 113 Å². The summed E-state index contributed by atoms with van der Waals surface area (Å²) in [6, 6.07) is 28.6. The molecule has 1 amide bonds. The van der Waals surface area contributed by atoms with E-state index in [4.69, 9.17) is 9.15 Å². The standard InChI is InChI=1S/C31H24N4O5/c1-2-24(29(37)33-26-18-27(36)35(34-26)20-12-4-3-5-13-20)40-31(38)22-15-9-11-19-10-8-14-21(28(19)22)30-32-23-16-6-7-17-25(23)39-30/h3-18,24,34H,2H2,1H3,(H,33,37). The van der Waals surface area contributed by atoms with Gasteiger partial charge in [-0.1, -0.05) is 61.5 Å². The maximum absolute atomic E-state index is 13.5. The van der Waals surface area contributed by atoms with Crippen LogP contribution in [0.15, 0.2) is 106 Å². The third kappa shape index (κ3) is 4.64. The molecule has 6 aromatic rings. The maximum atomic E-state index is 13.5. The fourth-order valence-corrected chi connectivity index (χ4v) is 4.63. The summed E-state index contributed by atoms with van der Waals surface area (Å²) in [5.41, 5.74) is 2.54. The smallest absolute Gasteiger partial charge is 0.339 e. The second-order valence-electron chi connectivity index (χ2n) is 9.17. The summed E-state index contributed by atoms with van der Waals surface area (Å²) >= 11 is 0. The van der Waals surface area contributed by atoms with Crippen molar-refractivity contribution < 1.29 is 18.7 Å². The molecule has 1 atom stereocenters. The summed E-state index contributed by atoms with van der Waals surface area (Å²) in [5.74, 6) is -0.649. The highest BCUT2D eigenvalue weighted by Crippen LogP contribution is 2.33. The molecule has 2 heterocycles. The Morgan fingerprint density at radius 1 is 0.975 bits per heavy atom. The number of aromatic nitrogens is 3. The number of para-hydroxylation sites is 3. The van der Waals surface area contributed by atoms with Crippen LogP contribution in [0.1, 0.15) is 23.7 Å². The number of esters is 1. The molecule has 6 rings (SSSR count). The number of carbonyl (C=O) groups is 2. The first kappa shape index (κ1) is 24.9. The zero-order valence-electron chi connectivity index (χ0n) is 21.5. The van der Waals surface area contributed by atoms with Gasteiger partial charge in [0.05, 0.1) is 11.3 Å². The number of amides is 1. The number of hydrogen-bond donors (Lipinski definition) is 2. The average Bonchev–Trinajstić information content (AvgIpc) is 3.58. The Morgan fingerprint density at radius 3 is 2.50 bits per heavy atom. The molecule has 0 spiro atoms. The Kier molecular flexibility index (Phi) is 6.45. The Hall–Kier alpha value is -5.44. The van der Waals surface area contributed by atoms with Crippen molar-refractivity contribution in [1.82, 2.24) is 14.8 Å². The first-order valence-electron chi connectivity index (χ1n) is 12.8. The van der Waals surface area contributed by atoms with Gasteiger partial charge in [0.2, 0.25) is 5.89 Å². The molecule has 0 bridgehead atoms. The number of aromatic amines is 1. The largest absolute Gasteiger partial charge is 0.449 e. The fraction of sp³-hybridized carbons (Fsp3) is 0.0968. The zero-order chi connectivity index (χ0) is 27.6. The van der Waals surface area contributed by atoms with Crippen LogP contribution in [0.2, 0.25) is 0 Å². The molecule has 4 aromatic carbocycles. The van der Waals surface area contributed by atoms with Gasteiger partial charge in [0, 0.05) is 17.0 Å². The van der Waals surface area contributed by atoms with Gasteiger partial charge in [0.1, 0.15) is 11.3 Å². The van der Waals surface area contributed by atoms with E-state index in [1.807, 2.05) is 54.6 Å². The number of H-pyrrole nitrogens is 1. The molecule has 0 saturated carbocycles. The van der Waals surface area contributed by atoms with Crippen LogP contribution in [0, 0.1) is 0 Å². The minimum absolute atomic E-state index is 0.191. The van der Waals surface area contributed by atoms with Crippen molar-refractivity contribution in [2.75, 3.05) is 5.32 Å². The number of rotatable bonds is 7. The maximum Gasteiger partial charge on any atom is 0.339 e. The minimum atomic E-state index is -1.09. The van der Waals surface area contributed by atoms with Crippen LogP contribution in [0.3, 0.4) is 0 Å². The lowest BCUT2D eigenvalue weighted by Gasteiger charge is -2.17. The van der Waals surface area contributed by atoms with Crippen LogP contribution in [-0.2, 0) is 9.53 Å². The molecule has 0 aliphatic carbocycles. The van der Waals surface area contributed by atoms with E-state index in [1.54, 1.807) is 43.3 Å². The van der Waals surface area contributed by atoms with Crippen LogP contribution >= 0.6 is 0 Å². The molecule has 0 saturated heterocycles. The topological polar surface area (TPSA) is 119 Å². The number of benzene rings is 4. The molecule has 9 heteroatoms. The quantitative estimate of drug-likeness (QED) is 0.255. The van der Waals surface area contributed by atoms with Crippen LogP contribution in [-0.4, -0.2) is 32.7 Å². The first-order valence-corrected chi connectivity index (χ1v) is 12.8. The number of hydrogen-bond acceptors (Lipinski definition) is 6. The highest BCUT2D eigenvalue weighted by molar-refractivity contribution is 6.10. The van der Waals surface area contributed by atoms with Gasteiger partial charge in [-0.3, -0.25) is 14.7 Å². The Balaban J connectivity index is 1.27. The van der Waals surface area contributed by atoms with Crippen molar-refractivity contribution in [3.8, 4) is 17.1 Å². The normalized spacial score (nSPS) is 11.9. The van der Waals surface area contributed by atoms with Crippen LogP contribution in [0.25, 0.3) is 39.0 Å². The average molecular weight is 533 g/mol. The fourth-order valence-electron chi connectivity index (χ4n) is 4.63. The van der Waals surface area contributed by atoms with E-state index < -0.39 is 18.0 Å². The zero-order valence-corrected chi connectivity index (χ0v) is 21.5. The van der Waals surface area contributed by atoms with Crippen molar-refractivity contribution in [1.29, 1.82) is 0 Å². The van der Waals surface area contributed by atoms with Crippen molar-refractivity contribution in [3.63, 3.8) is 0 Å². The molecule has 198 valence electrons. The summed E-state index contributed by atoms with van der Waals surface area (Å²) in [7, 11) is 0. The number of oxazole rings is 1. The lowest BCUT2D eigenvalue weighted by Crippen LogP contribution is -2.32. The molecular formula is C31H24N4O5. The van der Waals surface area contributed by atoms with Gasteiger partial charge in [-0.25, -0.2) is 14.5 Å². The van der Waals surface area contributed by atoms with E-state index in [9.17, 15) is 14.4 Å². The molecule has 1 unspecified atom stereocenters. The van der Waals surface area contributed by atoms with Crippen molar-refractivity contribution >= 4 is 39.6 Å². The number of nitrogens with one attached hydrogen (secondary N) is 2. The molecule has 0 aliphatic rings. The summed E-state index contributed by atoms with van der Waals surface area (Å²) < 4.78 is 13.0. The van der Waals surface area contributed by atoms with Gasteiger partial charge in [-0.2, -0.15) is 0 Å². The number of anilines is 1. The third-order valence-corrected chi connectivity index (χ3v) is 6.55. The molecule has 2 N–H and O–H groups in total. The van der Waals surface area contributed by atoms with Gasteiger partial charge in [-0.05, 0) is 48.2 Å². The monoisotopic (exact) mass is 532 g/mol. The van der Waals surface area contributed by atoms with E-state index >= 15 is 0 Å². The van der Waals surface area contributed by atoms with Gasteiger partial charge < -0.3 is 14.5 Å². The van der Waals surface area contributed by atoms with Gasteiger partial charge in [0.15, 0.2) is 11.7 Å². The second-order valence-corrected chi connectivity index (χ2v) is 9.17. The van der Waals surface area contributed by atoms with Crippen LogP contribution < -0.4 is 10.9 Å². The summed E-state index contributed by atoms with van der Waals surface area (Å²) in [6.07, 6.45) is -0.868. The lowest BCUT2D eigenvalue weighted by molar-refractivity contribution is -0.124. The van der Waals surface area contributed by atoms with Crippen LogP contribution in [0.4, 0.5) is 5.82 Å². The highest BCUT2D eigenvalue weighted by Gasteiger charge is 2.25. The molecule has 40 heavy (non-hydrogen) atoms. The molecule has 0 fully saturated rings. The molecule has 9 nitrogen and oxygen atoms in total. The Morgan fingerprint density at radius 2 is 1.73 bits per heavy atom. The second kappa shape index (κ2) is 10.4. The van der Waals surface area contributed by atoms with Crippen molar-refractivity contribution in [2.24, 2.45) is 0 Å². The third-order valence-electron chi connectivity index (χ3n) is 6.55. The summed E-state index contributed by atoms with van der Waals surface area (Å²) in [5, 5.41) is 6.93. The number of ether oxygens (including phenoxy) is 1. The molecule has 0 radical (unpaired) electrons. The number of nitrogens with zero attached hydrogens (tertiary/aromatic N) is 2. The first-order chi connectivity index (χ1) is 19.5. The minimum Gasteiger partial charge on any atom is -0.449 e. The number of carbonyl (C=O) groups excluding carboxylic acids is 2. The number of fused-ring (bicyclic) bond motifs is 2. The van der Waals surface area contributed by atoms with E-state index in [-0.39, 0.29) is 23.4 Å². The summed E-state index contributed by atoms with van der Waals surface area (Å²) in [4.78, 5) is 43.6.